The van der Waals surface area contributed by atoms with Crippen LogP contribution in [0, 0.1) is 0 Å². The van der Waals surface area contributed by atoms with Gasteiger partial charge in [-0.15, -0.1) is 0 Å². The number of hydrogen-bond donors (Lipinski definition) is 3. The van der Waals surface area contributed by atoms with Gasteiger partial charge in [-0.3, -0.25) is 4.79 Å². The van der Waals surface area contributed by atoms with Crippen molar-refractivity contribution in [1.82, 2.24) is 5.32 Å². The Morgan fingerprint density at radius 1 is 1.50 bits per heavy atom. The third-order valence-electron chi connectivity index (χ3n) is 1.22. The number of carbonyl (C=O) groups excluding carboxylic acids is 2. The zero-order chi connectivity index (χ0) is 11.4. The van der Waals surface area contributed by atoms with Crippen LogP contribution >= 0.6 is 0 Å². The standard InChI is InChI=1S/C8H16N2O4/c1-8(2,3)14-7(13)10-5(4-11)6(9)12/h5,11H,4H2,1-3H3,(H2,9,12)(H,10,13). The summed E-state index contributed by atoms with van der Waals surface area (Å²) in [6, 6.07) is -1.11. The summed E-state index contributed by atoms with van der Waals surface area (Å²) < 4.78 is 4.85. The fourth-order valence-electron chi connectivity index (χ4n) is 0.657. The quantitative estimate of drug-likeness (QED) is 0.569. The van der Waals surface area contributed by atoms with E-state index in [1.54, 1.807) is 20.8 Å². The second kappa shape index (κ2) is 4.80. The molecule has 0 spiro atoms. The first-order chi connectivity index (χ1) is 6.26. The zero-order valence-corrected chi connectivity index (χ0v) is 8.53. The number of alkyl carbamates (subject to hydrolysis) is 1. The van der Waals surface area contributed by atoms with Gasteiger partial charge in [-0.1, -0.05) is 0 Å². The number of aliphatic hydroxyl groups is 1. The maximum absolute atomic E-state index is 11.1. The van der Waals surface area contributed by atoms with Crippen molar-refractivity contribution in [3.63, 3.8) is 0 Å². The highest BCUT2D eigenvalue weighted by Gasteiger charge is 2.21. The number of aliphatic hydroxyl groups excluding tert-OH is 1. The molecule has 0 aliphatic rings. The molecule has 0 aliphatic carbocycles. The Bertz CT molecular complexity index is 222. The van der Waals surface area contributed by atoms with Crippen molar-refractivity contribution >= 4 is 12.0 Å². The summed E-state index contributed by atoms with van der Waals surface area (Å²) in [5.41, 5.74) is 4.24. The molecule has 0 aliphatic heterocycles. The molecule has 82 valence electrons. The van der Waals surface area contributed by atoms with Crippen molar-refractivity contribution in [3.8, 4) is 0 Å². The number of hydrogen-bond acceptors (Lipinski definition) is 4. The molecular formula is C8H16N2O4. The number of carbonyl (C=O) groups is 2. The Morgan fingerprint density at radius 2 is 2.00 bits per heavy atom. The predicted molar refractivity (Wildman–Crippen MR) is 49.4 cm³/mol. The number of nitrogens with one attached hydrogen (secondary N) is 1. The fourth-order valence-corrected chi connectivity index (χ4v) is 0.657. The second-order valence-electron chi connectivity index (χ2n) is 3.78. The van der Waals surface area contributed by atoms with Gasteiger partial charge < -0.3 is 20.9 Å². The van der Waals surface area contributed by atoms with Gasteiger partial charge in [0.2, 0.25) is 5.91 Å². The molecule has 0 rings (SSSR count). The minimum absolute atomic E-state index is 0.547. The van der Waals surface area contributed by atoms with E-state index < -0.39 is 30.3 Å². The number of ether oxygens (including phenoxy) is 1. The Morgan fingerprint density at radius 3 is 2.29 bits per heavy atom. The average molecular weight is 204 g/mol. The number of nitrogens with two attached hydrogens (primary N) is 1. The molecule has 0 heterocycles. The van der Waals surface area contributed by atoms with Crippen LogP contribution in [0.1, 0.15) is 20.8 Å². The van der Waals surface area contributed by atoms with Crippen LogP contribution in [-0.4, -0.2) is 35.4 Å². The van der Waals surface area contributed by atoms with Crippen LogP contribution in [0.2, 0.25) is 0 Å². The molecule has 0 aromatic carbocycles. The van der Waals surface area contributed by atoms with Gasteiger partial charge >= 0.3 is 6.09 Å². The highest BCUT2D eigenvalue weighted by molar-refractivity contribution is 5.84. The molecule has 0 saturated carbocycles. The van der Waals surface area contributed by atoms with E-state index in [0.717, 1.165) is 0 Å². The molecule has 0 radical (unpaired) electrons. The van der Waals surface area contributed by atoms with Crippen LogP contribution < -0.4 is 11.1 Å². The van der Waals surface area contributed by atoms with Gasteiger partial charge in [-0.05, 0) is 20.8 Å². The molecule has 1 unspecified atom stereocenters. The van der Waals surface area contributed by atoms with E-state index in [4.69, 9.17) is 15.6 Å². The van der Waals surface area contributed by atoms with E-state index in [-0.39, 0.29) is 0 Å². The van der Waals surface area contributed by atoms with E-state index in [9.17, 15) is 9.59 Å². The van der Waals surface area contributed by atoms with Crippen LogP contribution in [0.15, 0.2) is 0 Å². The van der Waals surface area contributed by atoms with E-state index in [1.807, 2.05) is 0 Å². The Labute approximate surface area is 82.4 Å². The first kappa shape index (κ1) is 12.7. The molecule has 0 fully saturated rings. The number of amides is 2. The largest absolute Gasteiger partial charge is 0.444 e. The molecule has 6 nitrogen and oxygen atoms in total. The smallest absolute Gasteiger partial charge is 0.408 e. The summed E-state index contributed by atoms with van der Waals surface area (Å²) in [6.45, 7) is 4.51. The van der Waals surface area contributed by atoms with Crippen molar-refractivity contribution in [2.24, 2.45) is 5.73 Å². The van der Waals surface area contributed by atoms with E-state index >= 15 is 0 Å². The lowest BCUT2D eigenvalue weighted by Gasteiger charge is -2.21. The predicted octanol–water partition coefficient (Wildman–Crippen LogP) is -0.643. The summed E-state index contributed by atoms with van der Waals surface area (Å²) in [5, 5.41) is 10.8. The van der Waals surface area contributed by atoms with Crippen molar-refractivity contribution in [3.05, 3.63) is 0 Å². The Balaban J connectivity index is 4.11. The monoisotopic (exact) mass is 204 g/mol. The fraction of sp³-hybridized carbons (Fsp3) is 0.750. The van der Waals surface area contributed by atoms with Crippen LogP contribution in [0.4, 0.5) is 4.79 Å². The zero-order valence-electron chi connectivity index (χ0n) is 8.53. The van der Waals surface area contributed by atoms with Gasteiger partial charge in [0.15, 0.2) is 0 Å². The Hall–Kier alpha value is -1.30. The van der Waals surface area contributed by atoms with Crippen LogP contribution in [0.5, 0.6) is 0 Å². The molecule has 14 heavy (non-hydrogen) atoms. The van der Waals surface area contributed by atoms with Crippen molar-refractivity contribution in [1.29, 1.82) is 0 Å². The highest BCUT2D eigenvalue weighted by atomic mass is 16.6. The maximum atomic E-state index is 11.1. The summed E-state index contributed by atoms with van der Waals surface area (Å²) in [6.07, 6.45) is -0.782. The van der Waals surface area contributed by atoms with Crippen LogP contribution in [0.3, 0.4) is 0 Å². The molecule has 6 heteroatoms. The summed E-state index contributed by atoms with van der Waals surface area (Å²) in [4.78, 5) is 21.7. The van der Waals surface area contributed by atoms with Crippen LogP contribution in [0.25, 0.3) is 0 Å². The summed E-state index contributed by atoms with van der Waals surface area (Å²) >= 11 is 0. The van der Waals surface area contributed by atoms with Crippen molar-refractivity contribution < 1.29 is 19.4 Å². The first-order valence-corrected chi connectivity index (χ1v) is 4.16. The van der Waals surface area contributed by atoms with Gasteiger partial charge in [0, 0.05) is 0 Å². The van der Waals surface area contributed by atoms with E-state index in [1.165, 1.54) is 0 Å². The van der Waals surface area contributed by atoms with Gasteiger partial charge in [0.05, 0.1) is 6.61 Å². The van der Waals surface area contributed by atoms with Gasteiger partial charge in [0.1, 0.15) is 11.6 Å². The lowest BCUT2D eigenvalue weighted by molar-refractivity contribution is -0.120. The lowest BCUT2D eigenvalue weighted by Crippen LogP contribution is -2.48. The molecule has 1 atom stereocenters. The number of rotatable bonds is 3. The normalized spacial score (nSPS) is 13.1. The van der Waals surface area contributed by atoms with Gasteiger partial charge in [-0.2, -0.15) is 0 Å². The van der Waals surface area contributed by atoms with Crippen molar-refractivity contribution in [2.75, 3.05) is 6.61 Å². The SMILES string of the molecule is CC(C)(C)OC(=O)NC(CO)C(N)=O. The summed E-state index contributed by atoms with van der Waals surface area (Å²) in [5.74, 6) is -0.807. The average Bonchev–Trinajstić information content (AvgIpc) is 1.96. The van der Waals surface area contributed by atoms with E-state index in [0.29, 0.717) is 0 Å². The topological polar surface area (TPSA) is 102 Å². The number of primary amides is 1. The van der Waals surface area contributed by atoms with Crippen molar-refractivity contribution in [2.45, 2.75) is 32.4 Å². The molecule has 4 N–H and O–H groups in total. The first-order valence-electron chi connectivity index (χ1n) is 4.16. The van der Waals surface area contributed by atoms with Gasteiger partial charge in [-0.25, -0.2) is 4.79 Å². The molecular weight excluding hydrogens is 188 g/mol. The summed E-state index contributed by atoms with van der Waals surface area (Å²) in [7, 11) is 0. The Kier molecular flexibility index (Phi) is 4.36. The third kappa shape index (κ3) is 5.36. The molecule has 0 bridgehead atoms. The van der Waals surface area contributed by atoms with Gasteiger partial charge in [0.25, 0.3) is 0 Å². The highest BCUT2D eigenvalue weighted by Crippen LogP contribution is 2.06. The molecule has 2 amide bonds. The second-order valence-corrected chi connectivity index (χ2v) is 3.78. The molecule has 0 saturated heterocycles. The maximum Gasteiger partial charge on any atom is 0.408 e. The third-order valence-corrected chi connectivity index (χ3v) is 1.22. The minimum atomic E-state index is -1.11. The van der Waals surface area contributed by atoms with E-state index in [2.05, 4.69) is 5.32 Å². The minimum Gasteiger partial charge on any atom is -0.444 e. The molecule has 0 aromatic rings. The molecule has 0 aromatic heterocycles. The van der Waals surface area contributed by atoms with Crippen LogP contribution in [-0.2, 0) is 9.53 Å². The lowest BCUT2D eigenvalue weighted by atomic mass is 10.2.